The molecule has 2 aromatic heterocycles. The summed E-state index contributed by atoms with van der Waals surface area (Å²) >= 11 is 0. The molecule has 1 aromatic carbocycles. The summed E-state index contributed by atoms with van der Waals surface area (Å²) in [5, 5.41) is 14.2. The monoisotopic (exact) mass is 434 g/mol. The first-order chi connectivity index (χ1) is 15.4. The standard InChI is InChI=1S/C23H19FN4O4/c24-17-3-1-2-15(10-17)16-11-25-22(26-12-16)27-20(29)14-4-7-23(8-5-14)19-6-9-28(31)13-18(19)21(30)32-23/h1-3,6,9-14H,4-5,7-8H2,(H,25,26,27,29). The number of anilines is 1. The number of carbonyl (C=O) groups excluding carboxylic acids is 2. The molecule has 5 rings (SSSR count). The topological polar surface area (TPSA) is 108 Å². The van der Waals surface area contributed by atoms with Gasteiger partial charge in [0.1, 0.15) is 17.0 Å². The second-order valence-corrected chi connectivity index (χ2v) is 8.09. The van der Waals surface area contributed by atoms with E-state index in [9.17, 15) is 19.2 Å². The average Bonchev–Trinajstić information content (AvgIpc) is 3.05. The van der Waals surface area contributed by atoms with Crippen LogP contribution in [0, 0.1) is 16.9 Å². The highest BCUT2D eigenvalue weighted by Crippen LogP contribution is 2.47. The predicted molar refractivity (Wildman–Crippen MR) is 111 cm³/mol. The summed E-state index contributed by atoms with van der Waals surface area (Å²) in [7, 11) is 0. The summed E-state index contributed by atoms with van der Waals surface area (Å²) in [6.45, 7) is 0. The molecule has 0 radical (unpaired) electrons. The minimum atomic E-state index is -0.777. The van der Waals surface area contributed by atoms with Gasteiger partial charge in [-0.15, -0.1) is 0 Å². The molecule has 1 saturated carbocycles. The van der Waals surface area contributed by atoms with E-state index >= 15 is 0 Å². The number of carbonyl (C=O) groups is 2. The molecule has 0 bridgehead atoms. The lowest BCUT2D eigenvalue weighted by Crippen LogP contribution is -2.36. The zero-order chi connectivity index (χ0) is 22.3. The summed E-state index contributed by atoms with van der Waals surface area (Å²) in [4.78, 5) is 33.3. The van der Waals surface area contributed by atoms with Gasteiger partial charge in [0.25, 0.3) is 0 Å². The Morgan fingerprint density at radius 1 is 1.19 bits per heavy atom. The molecular formula is C23H19FN4O4. The van der Waals surface area contributed by atoms with Crippen LogP contribution in [0.3, 0.4) is 0 Å². The molecule has 0 unspecified atom stereocenters. The maximum absolute atomic E-state index is 13.4. The SMILES string of the molecule is O=C1OC2(CCC(C(=O)Nc3ncc(-c4cccc(F)c4)cn3)CC2)c2cc[n+]([O-])cc21. The Morgan fingerprint density at radius 3 is 2.66 bits per heavy atom. The molecule has 3 heterocycles. The van der Waals surface area contributed by atoms with Crippen molar-refractivity contribution in [3.05, 3.63) is 77.3 Å². The summed E-state index contributed by atoms with van der Waals surface area (Å²) in [5.74, 6) is -1.15. The quantitative estimate of drug-likeness (QED) is 0.386. The van der Waals surface area contributed by atoms with Crippen molar-refractivity contribution in [3.8, 4) is 11.1 Å². The van der Waals surface area contributed by atoms with Crippen molar-refractivity contribution in [3.63, 3.8) is 0 Å². The second kappa shape index (κ2) is 7.67. The molecule has 32 heavy (non-hydrogen) atoms. The van der Waals surface area contributed by atoms with E-state index in [4.69, 9.17) is 4.74 Å². The van der Waals surface area contributed by atoms with E-state index < -0.39 is 11.6 Å². The maximum Gasteiger partial charge on any atom is 0.345 e. The third-order valence-electron chi connectivity index (χ3n) is 6.14. The number of hydrogen-bond acceptors (Lipinski definition) is 6. The number of halogens is 1. The molecule has 1 aliphatic carbocycles. The van der Waals surface area contributed by atoms with Crippen LogP contribution in [0.2, 0.25) is 0 Å². The first kappa shape index (κ1) is 20.0. The van der Waals surface area contributed by atoms with Gasteiger partial charge in [0, 0.05) is 35.5 Å². The van der Waals surface area contributed by atoms with Crippen LogP contribution in [-0.4, -0.2) is 21.8 Å². The van der Waals surface area contributed by atoms with Gasteiger partial charge in [-0.2, -0.15) is 4.73 Å². The number of aromatic nitrogens is 3. The number of nitrogens with one attached hydrogen (secondary N) is 1. The Labute approximate surface area is 182 Å². The minimum Gasteiger partial charge on any atom is -0.619 e. The van der Waals surface area contributed by atoms with Gasteiger partial charge in [-0.1, -0.05) is 12.1 Å². The molecule has 1 amide bonds. The van der Waals surface area contributed by atoms with Crippen LogP contribution >= 0.6 is 0 Å². The van der Waals surface area contributed by atoms with Crippen molar-refractivity contribution in [2.75, 3.05) is 5.32 Å². The molecule has 1 fully saturated rings. The summed E-state index contributed by atoms with van der Waals surface area (Å²) in [5.41, 5.74) is 1.51. The van der Waals surface area contributed by atoms with Crippen LogP contribution in [0.25, 0.3) is 11.1 Å². The number of amides is 1. The Balaban J connectivity index is 1.24. The highest BCUT2D eigenvalue weighted by Gasteiger charge is 2.49. The Hall–Kier alpha value is -3.88. The largest absolute Gasteiger partial charge is 0.619 e. The lowest BCUT2D eigenvalue weighted by Gasteiger charge is -2.35. The van der Waals surface area contributed by atoms with Crippen molar-refractivity contribution < 1.29 is 23.4 Å². The van der Waals surface area contributed by atoms with Gasteiger partial charge in [0.15, 0.2) is 12.4 Å². The highest BCUT2D eigenvalue weighted by molar-refractivity contribution is 5.94. The average molecular weight is 434 g/mol. The lowest BCUT2D eigenvalue weighted by molar-refractivity contribution is -0.605. The molecular weight excluding hydrogens is 415 g/mol. The number of ether oxygens (including phenoxy) is 1. The van der Waals surface area contributed by atoms with Crippen LogP contribution in [0.15, 0.2) is 55.1 Å². The molecule has 3 aromatic rings. The van der Waals surface area contributed by atoms with Crippen molar-refractivity contribution in [1.29, 1.82) is 0 Å². The van der Waals surface area contributed by atoms with E-state index in [-0.39, 0.29) is 29.2 Å². The van der Waals surface area contributed by atoms with Gasteiger partial charge >= 0.3 is 5.97 Å². The fourth-order valence-corrected chi connectivity index (χ4v) is 4.46. The summed E-state index contributed by atoms with van der Waals surface area (Å²) < 4.78 is 19.6. The lowest BCUT2D eigenvalue weighted by atomic mass is 9.75. The molecule has 162 valence electrons. The van der Waals surface area contributed by atoms with Gasteiger partial charge in [-0.25, -0.2) is 19.2 Å². The third kappa shape index (κ3) is 3.55. The van der Waals surface area contributed by atoms with Gasteiger partial charge < -0.3 is 9.94 Å². The van der Waals surface area contributed by atoms with Crippen molar-refractivity contribution >= 4 is 17.8 Å². The Kier molecular flexibility index (Phi) is 4.80. The van der Waals surface area contributed by atoms with Gasteiger partial charge in [-0.3, -0.25) is 10.1 Å². The van der Waals surface area contributed by atoms with Crippen LogP contribution in [0.1, 0.15) is 41.6 Å². The fourth-order valence-electron chi connectivity index (χ4n) is 4.46. The number of esters is 1. The van der Waals surface area contributed by atoms with Crippen LogP contribution in [-0.2, 0) is 15.1 Å². The van der Waals surface area contributed by atoms with Crippen molar-refractivity contribution in [2.45, 2.75) is 31.3 Å². The number of pyridine rings is 1. The highest BCUT2D eigenvalue weighted by atomic mass is 19.1. The number of nitrogens with zero attached hydrogens (tertiary/aromatic N) is 3. The summed E-state index contributed by atoms with van der Waals surface area (Å²) in [6.07, 6.45) is 7.67. The Bertz CT molecular complexity index is 1210. The van der Waals surface area contributed by atoms with Gasteiger partial charge in [0.2, 0.25) is 11.9 Å². The van der Waals surface area contributed by atoms with Crippen LogP contribution in [0.5, 0.6) is 0 Å². The van der Waals surface area contributed by atoms with Crippen LogP contribution < -0.4 is 10.0 Å². The Morgan fingerprint density at radius 2 is 1.94 bits per heavy atom. The first-order valence-electron chi connectivity index (χ1n) is 10.3. The van der Waals surface area contributed by atoms with E-state index in [0.29, 0.717) is 47.1 Å². The van der Waals surface area contributed by atoms with Crippen LogP contribution in [0.4, 0.5) is 10.3 Å². The molecule has 0 atom stereocenters. The second-order valence-electron chi connectivity index (χ2n) is 8.09. The number of hydrogen-bond donors (Lipinski definition) is 1. The predicted octanol–water partition coefficient (Wildman–Crippen LogP) is 3.11. The molecule has 0 saturated heterocycles. The maximum atomic E-state index is 13.4. The van der Waals surface area contributed by atoms with Gasteiger partial charge in [-0.05, 0) is 43.4 Å². The van der Waals surface area contributed by atoms with E-state index in [1.54, 1.807) is 18.2 Å². The minimum absolute atomic E-state index is 0.174. The normalized spacial score (nSPS) is 21.8. The van der Waals surface area contributed by atoms with E-state index in [0.717, 1.165) is 0 Å². The van der Waals surface area contributed by atoms with Gasteiger partial charge in [0.05, 0.1) is 0 Å². The molecule has 8 nitrogen and oxygen atoms in total. The number of rotatable bonds is 3. The van der Waals surface area contributed by atoms with Crippen molar-refractivity contribution in [1.82, 2.24) is 9.97 Å². The molecule has 1 N–H and O–H groups in total. The molecule has 2 aliphatic rings. The van der Waals surface area contributed by atoms with E-state index in [2.05, 4.69) is 15.3 Å². The molecule has 1 aliphatic heterocycles. The number of fused-ring (bicyclic) bond motifs is 2. The zero-order valence-corrected chi connectivity index (χ0v) is 17.0. The first-order valence-corrected chi connectivity index (χ1v) is 10.3. The molecule has 1 spiro atoms. The number of benzene rings is 1. The zero-order valence-electron chi connectivity index (χ0n) is 17.0. The fraction of sp³-hybridized carbons (Fsp3) is 0.261. The van der Waals surface area contributed by atoms with Crippen molar-refractivity contribution in [2.24, 2.45) is 5.92 Å². The van der Waals surface area contributed by atoms with E-state index in [1.807, 2.05) is 0 Å². The third-order valence-corrected chi connectivity index (χ3v) is 6.14. The smallest absolute Gasteiger partial charge is 0.345 e. The molecule has 9 heteroatoms. The van der Waals surface area contributed by atoms with E-state index in [1.165, 1.54) is 36.9 Å². The summed E-state index contributed by atoms with van der Waals surface area (Å²) in [6, 6.07) is 7.73.